The SMILES string of the molecule is COc1c(N2CCCC(=O)C2)nc[nH]c1=O. The van der Waals surface area contributed by atoms with Gasteiger partial charge in [-0.3, -0.25) is 9.59 Å². The quantitative estimate of drug-likeness (QED) is 0.760. The highest BCUT2D eigenvalue weighted by Gasteiger charge is 2.22. The van der Waals surface area contributed by atoms with E-state index in [0.29, 0.717) is 18.8 Å². The fourth-order valence-corrected chi connectivity index (χ4v) is 1.81. The summed E-state index contributed by atoms with van der Waals surface area (Å²) in [6.07, 6.45) is 2.71. The van der Waals surface area contributed by atoms with Crippen molar-refractivity contribution in [1.29, 1.82) is 0 Å². The maximum absolute atomic E-state index is 11.5. The number of aromatic nitrogens is 2. The summed E-state index contributed by atoms with van der Waals surface area (Å²) in [6, 6.07) is 0. The molecule has 0 amide bonds. The number of ketones is 1. The first-order chi connectivity index (χ1) is 7.72. The van der Waals surface area contributed by atoms with Crippen LogP contribution in [-0.2, 0) is 4.79 Å². The molecular formula is C10H13N3O3. The number of ether oxygens (including phenoxy) is 1. The van der Waals surface area contributed by atoms with Gasteiger partial charge in [0.25, 0.3) is 5.56 Å². The molecule has 2 rings (SSSR count). The van der Waals surface area contributed by atoms with Gasteiger partial charge in [-0.25, -0.2) is 4.98 Å². The predicted octanol–water partition coefficient (Wildman–Crippen LogP) is -0.0522. The van der Waals surface area contributed by atoms with Crippen molar-refractivity contribution in [3.63, 3.8) is 0 Å². The van der Waals surface area contributed by atoms with Crippen molar-refractivity contribution in [2.45, 2.75) is 12.8 Å². The summed E-state index contributed by atoms with van der Waals surface area (Å²) in [5, 5.41) is 0. The van der Waals surface area contributed by atoms with Gasteiger partial charge in [-0.1, -0.05) is 0 Å². The fraction of sp³-hybridized carbons (Fsp3) is 0.500. The van der Waals surface area contributed by atoms with Crippen LogP contribution in [0.1, 0.15) is 12.8 Å². The number of H-pyrrole nitrogens is 1. The molecule has 1 aromatic rings. The number of carbonyl (C=O) groups excluding carboxylic acids is 1. The van der Waals surface area contributed by atoms with Gasteiger partial charge in [0.1, 0.15) is 0 Å². The predicted molar refractivity (Wildman–Crippen MR) is 57.9 cm³/mol. The zero-order valence-corrected chi connectivity index (χ0v) is 9.02. The molecule has 0 aromatic carbocycles. The van der Waals surface area contributed by atoms with Crippen LogP contribution in [0, 0.1) is 0 Å². The molecule has 0 atom stereocenters. The van der Waals surface area contributed by atoms with Gasteiger partial charge in [-0.05, 0) is 6.42 Å². The van der Waals surface area contributed by atoms with Crippen molar-refractivity contribution < 1.29 is 9.53 Å². The molecule has 1 saturated heterocycles. The number of hydrogen-bond donors (Lipinski definition) is 1. The van der Waals surface area contributed by atoms with E-state index in [1.807, 2.05) is 0 Å². The molecule has 1 N–H and O–H groups in total. The standard InChI is InChI=1S/C10H13N3O3/c1-16-8-9(11-6-12-10(8)15)13-4-2-3-7(14)5-13/h6H,2-5H2,1H3,(H,11,12,15). The smallest absolute Gasteiger partial charge is 0.295 e. The molecule has 16 heavy (non-hydrogen) atoms. The van der Waals surface area contributed by atoms with Gasteiger partial charge in [-0.2, -0.15) is 0 Å². The van der Waals surface area contributed by atoms with Crippen LogP contribution >= 0.6 is 0 Å². The van der Waals surface area contributed by atoms with Crippen LogP contribution in [0.4, 0.5) is 5.82 Å². The summed E-state index contributed by atoms with van der Waals surface area (Å²) in [4.78, 5) is 31.1. The second-order valence-electron chi connectivity index (χ2n) is 3.65. The second kappa shape index (κ2) is 4.34. The number of hydrogen-bond acceptors (Lipinski definition) is 5. The highest BCUT2D eigenvalue weighted by molar-refractivity contribution is 5.84. The lowest BCUT2D eigenvalue weighted by atomic mass is 10.1. The number of nitrogens with one attached hydrogen (secondary N) is 1. The normalized spacial score (nSPS) is 16.3. The Bertz CT molecular complexity index is 455. The molecule has 0 saturated carbocycles. The number of anilines is 1. The van der Waals surface area contributed by atoms with Crippen LogP contribution in [-0.4, -0.2) is 36.0 Å². The minimum atomic E-state index is -0.328. The third-order valence-electron chi connectivity index (χ3n) is 2.55. The van der Waals surface area contributed by atoms with Crippen LogP contribution in [0.3, 0.4) is 0 Å². The van der Waals surface area contributed by atoms with E-state index in [-0.39, 0.29) is 17.1 Å². The monoisotopic (exact) mass is 223 g/mol. The molecule has 1 fully saturated rings. The van der Waals surface area contributed by atoms with Gasteiger partial charge < -0.3 is 14.6 Å². The summed E-state index contributed by atoms with van der Waals surface area (Å²) in [5.74, 6) is 0.770. The van der Waals surface area contributed by atoms with Crippen molar-refractivity contribution in [2.75, 3.05) is 25.1 Å². The molecule has 0 aliphatic carbocycles. The summed E-state index contributed by atoms with van der Waals surface area (Å²) >= 11 is 0. The van der Waals surface area contributed by atoms with Crippen molar-refractivity contribution in [3.05, 3.63) is 16.7 Å². The van der Waals surface area contributed by atoms with Gasteiger partial charge in [0.15, 0.2) is 11.6 Å². The van der Waals surface area contributed by atoms with Crippen LogP contribution in [0.5, 0.6) is 5.75 Å². The first kappa shape index (κ1) is 10.7. The highest BCUT2D eigenvalue weighted by Crippen LogP contribution is 2.22. The molecule has 6 heteroatoms. The minimum absolute atomic E-state index is 0.162. The second-order valence-corrected chi connectivity index (χ2v) is 3.65. The zero-order chi connectivity index (χ0) is 11.5. The summed E-state index contributed by atoms with van der Waals surface area (Å²) in [7, 11) is 1.42. The summed E-state index contributed by atoms with van der Waals surface area (Å²) < 4.78 is 5.01. The molecule has 1 aromatic heterocycles. The van der Waals surface area contributed by atoms with Crippen molar-refractivity contribution in [1.82, 2.24) is 9.97 Å². The van der Waals surface area contributed by atoms with E-state index in [1.165, 1.54) is 13.4 Å². The van der Waals surface area contributed by atoms with Crippen molar-refractivity contribution >= 4 is 11.6 Å². The van der Waals surface area contributed by atoms with Gasteiger partial charge in [0, 0.05) is 13.0 Å². The highest BCUT2D eigenvalue weighted by atomic mass is 16.5. The molecule has 0 spiro atoms. The van der Waals surface area contributed by atoms with E-state index in [1.54, 1.807) is 4.90 Å². The van der Waals surface area contributed by atoms with Crippen molar-refractivity contribution in [3.8, 4) is 5.75 Å². The number of carbonyl (C=O) groups is 1. The summed E-state index contributed by atoms with van der Waals surface area (Å²) in [6.45, 7) is 1.02. The Morgan fingerprint density at radius 2 is 2.31 bits per heavy atom. The average molecular weight is 223 g/mol. The molecular weight excluding hydrogens is 210 g/mol. The van der Waals surface area contributed by atoms with Gasteiger partial charge in [-0.15, -0.1) is 0 Å². The Kier molecular flexibility index (Phi) is 2.89. The zero-order valence-electron chi connectivity index (χ0n) is 9.02. The van der Waals surface area contributed by atoms with E-state index in [2.05, 4.69) is 9.97 Å². The van der Waals surface area contributed by atoms with Crippen LogP contribution in [0.2, 0.25) is 0 Å². The van der Waals surface area contributed by atoms with Crippen LogP contribution in [0.15, 0.2) is 11.1 Å². The number of nitrogens with zero attached hydrogens (tertiary/aromatic N) is 2. The Labute approximate surface area is 92.3 Å². The van der Waals surface area contributed by atoms with Gasteiger partial charge in [0.2, 0.25) is 5.75 Å². The van der Waals surface area contributed by atoms with Gasteiger partial charge >= 0.3 is 0 Å². The average Bonchev–Trinajstić information content (AvgIpc) is 2.28. The lowest BCUT2D eigenvalue weighted by Crippen LogP contribution is -2.37. The van der Waals surface area contributed by atoms with Crippen molar-refractivity contribution in [2.24, 2.45) is 0 Å². The first-order valence-electron chi connectivity index (χ1n) is 5.10. The molecule has 0 bridgehead atoms. The maximum Gasteiger partial charge on any atom is 0.295 e. The number of piperidine rings is 1. The largest absolute Gasteiger partial charge is 0.489 e. The molecule has 0 radical (unpaired) electrons. The Morgan fingerprint density at radius 3 is 3.00 bits per heavy atom. The van der Waals surface area contributed by atoms with Gasteiger partial charge in [0.05, 0.1) is 20.0 Å². The van der Waals surface area contributed by atoms with E-state index < -0.39 is 0 Å². The van der Waals surface area contributed by atoms with Crippen LogP contribution in [0.25, 0.3) is 0 Å². The third kappa shape index (κ3) is 1.91. The first-order valence-corrected chi connectivity index (χ1v) is 5.10. The van der Waals surface area contributed by atoms with Crippen LogP contribution < -0.4 is 15.2 Å². The number of aromatic amines is 1. The Balaban J connectivity index is 2.35. The molecule has 6 nitrogen and oxygen atoms in total. The van der Waals surface area contributed by atoms with E-state index in [0.717, 1.165) is 13.0 Å². The third-order valence-corrected chi connectivity index (χ3v) is 2.55. The number of rotatable bonds is 2. The van der Waals surface area contributed by atoms with E-state index in [4.69, 9.17) is 4.74 Å². The molecule has 1 aliphatic rings. The maximum atomic E-state index is 11.5. The lowest BCUT2D eigenvalue weighted by Gasteiger charge is -2.27. The molecule has 1 aliphatic heterocycles. The number of Topliss-reactive ketones (excluding diaryl/α,β-unsaturated/α-hetero) is 1. The van der Waals surface area contributed by atoms with E-state index >= 15 is 0 Å². The number of methoxy groups -OCH3 is 1. The lowest BCUT2D eigenvalue weighted by molar-refractivity contribution is -0.118. The summed E-state index contributed by atoms with van der Waals surface area (Å²) in [5.41, 5.74) is -0.328. The van der Waals surface area contributed by atoms with E-state index in [9.17, 15) is 9.59 Å². The fourth-order valence-electron chi connectivity index (χ4n) is 1.81. The Hall–Kier alpha value is -1.85. The topological polar surface area (TPSA) is 75.3 Å². The molecule has 0 unspecified atom stereocenters. The Morgan fingerprint density at radius 1 is 1.50 bits per heavy atom. The molecule has 86 valence electrons. The minimum Gasteiger partial charge on any atom is -0.489 e. The molecule has 2 heterocycles.